The monoisotopic (exact) mass is 151 g/mol. The number of anilines is 1. The van der Waals surface area contributed by atoms with Crippen molar-refractivity contribution in [3.8, 4) is 5.75 Å². The quantitative estimate of drug-likeness (QED) is 0.429. The minimum absolute atomic E-state index is 0.284. The molecule has 3 heteroatoms. The summed E-state index contributed by atoms with van der Waals surface area (Å²) < 4.78 is 5.14. The number of ether oxygens (including phenoxy) is 1. The molecule has 0 amide bonds. The molecule has 11 heavy (non-hydrogen) atoms. The molecule has 3 nitrogen and oxygen atoms in total. The zero-order valence-electron chi connectivity index (χ0n) is 6.00. The van der Waals surface area contributed by atoms with E-state index in [4.69, 9.17) is 10.5 Å². The molecule has 0 radical (unpaired) electrons. The first-order valence-corrected chi connectivity index (χ1v) is 3.46. The summed E-state index contributed by atoms with van der Waals surface area (Å²) in [5.74, 6) is 0.284. The minimum Gasteiger partial charge on any atom is -0.508 e. The second-order valence-corrected chi connectivity index (χ2v) is 2.62. The predicted octanol–water partition coefficient (Wildman–Crippen LogP) is 1.00. The Balaban J connectivity index is 2.64. The third-order valence-corrected chi connectivity index (χ3v) is 1.94. The fourth-order valence-corrected chi connectivity index (χ4v) is 1.29. The van der Waals surface area contributed by atoms with Crippen LogP contribution in [0.4, 0.5) is 5.69 Å². The van der Waals surface area contributed by atoms with Crippen molar-refractivity contribution in [1.82, 2.24) is 0 Å². The van der Waals surface area contributed by atoms with Gasteiger partial charge in [0.1, 0.15) is 5.75 Å². The smallest absolute Gasteiger partial charge is 0.121 e. The van der Waals surface area contributed by atoms with Crippen LogP contribution in [0.3, 0.4) is 0 Å². The molecule has 0 spiro atoms. The summed E-state index contributed by atoms with van der Waals surface area (Å²) in [5.41, 5.74) is 8.13. The summed E-state index contributed by atoms with van der Waals surface area (Å²) in [4.78, 5) is 0. The van der Waals surface area contributed by atoms with Gasteiger partial charge in [0, 0.05) is 16.8 Å². The van der Waals surface area contributed by atoms with Crippen LogP contribution in [0, 0.1) is 0 Å². The van der Waals surface area contributed by atoms with E-state index in [0.717, 1.165) is 11.1 Å². The number of fused-ring (bicyclic) bond motifs is 1. The van der Waals surface area contributed by atoms with Crippen LogP contribution in [0.2, 0.25) is 0 Å². The SMILES string of the molecule is Nc1ccc(O)c2c1COC2. The Morgan fingerprint density at radius 1 is 1.27 bits per heavy atom. The number of rotatable bonds is 0. The van der Waals surface area contributed by atoms with E-state index < -0.39 is 0 Å². The molecule has 1 aliphatic heterocycles. The van der Waals surface area contributed by atoms with Crippen LogP contribution in [0.15, 0.2) is 12.1 Å². The highest BCUT2D eigenvalue weighted by Gasteiger charge is 2.17. The largest absolute Gasteiger partial charge is 0.508 e. The highest BCUT2D eigenvalue weighted by atomic mass is 16.5. The highest BCUT2D eigenvalue weighted by molar-refractivity contribution is 5.56. The molecule has 58 valence electrons. The molecule has 1 heterocycles. The summed E-state index contributed by atoms with van der Waals surface area (Å²) in [6, 6.07) is 3.30. The van der Waals surface area contributed by atoms with Crippen molar-refractivity contribution in [2.75, 3.05) is 5.73 Å². The number of aromatic hydroxyl groups is 1. The number of phenolic OH excluding ortho intramolecular Hbond substituents is 1. The lowest BCUT2D eigenvalue weighted by molar-refractivity contribution is 0.133. The molecule has 3 N–H and O–H groups in total. The lowest BCUT2D eigenvalue weighted by Crippen LogP contribution is -1.92. The van der Waals surface area contributed by atoms with Gasteiger partial charge in [-0.15, -0.1) is 0 Å². The molecule has 0 fully saturated rings. The van der Waals surface area contributed by atoms with Crippen molar-refractivity contribution in [2.24, 2.45) is 0 Å². The van der Waals surface area contributed by atoms with E-state index in [-0.39, 0.29) is 5.75 Å². The van der Waals surface area contributed by atoms with Crippen LogP contribution in [-0.4, -0.2) is 5.11 Å². The average Bonchev–Trinajstić information content (AvgIpc) is 2.45. The molecular formula is C8H9NO2. The standard InChI is InChI=1S/C8H9NO2/c9-7-1-2-8(10)6-4-11-3-5(6)7/h1-2,10H,3-4,9H2. The van der Waals surface area contributed by atoms with Crippen LogP contribution < -0.4 is 5.73 Å². The molecule has 1 aromatic carbocycles. The van der Waals surface area contributed by atoms with Crippen molar-refractivity contribution < 1.29 is 9.84 Å². The van der Waals surface area contributed by atoms with Gasteiger partial charge in [0.2, 0.25) is 0 Å². The molecule has 0 saturated carbocycles. The van der Waals surface area contributed by atoms with Gasteiger partial charge in [0.15, 0.2) is 0 Å². The van der Waals surface area contributed by atoms with Crippen LogP contribution >= 0.6 is 0 Å². The summed E-state index contributed by atoms with van der Waals surface area (Å²) in [6.45, 7) is 1.00. The van der Waals surface area contributed by atoms with Crippen LogP contribution in [0.1, 0.15) is 11.1 Å². The van der Waals surface area contributed by atoms with E-state index in [0.29, 0.717) is 18.9 Å². The van der Waals surface area contributed by atoms with Gasteiger partial charge < -0.3 is 15.6 Å². The summed E-state index contributed by atoms with van der Waals surface area (Å²) in [6.07, 6.45) is 0. The van der Waals surface area contributed by atoms with Gasteiger partial charge in [0.05, 0.1) is 13.2 Å². The first kappa shape index (κ1) is 6.49. The first-order valence-electron chi connectivity index (χ1n) is 3.46. The lowest BCUT2D eigenvalue weighted by atomic mass is 10.1. The number of nitrogen functional groups attached to an aromatic ring is 1. The number of nitrogens with two attached hydrogens (primary N) is 1. The number of phenols is 1. The third kappa shape index (κ3) is 0.851. The molecule has 1 aromatic rings. The maximum absolute atomic E-state index is 9.32. The van der Waals surface area contributed by atoms with Crippen LogP contribution in [-0.2, 0) is 18.0 Å². The van der Waals surface area contributed by atoms with E-state index in [2.05, 4.69) is 0 Å². The Morgan fingerprint density at radius 3 is 2.73 bits per heavy atom. The Morgan fingerprint density at radius 2 is 2.00 bits per heavy atom. The maximum atomic E-state index is 9.32. The van der Waals surface area contributed by atoms with Gasteiger partial charge in [-0.2, -0.15) is 0 Å². The number of benzene rings is 1. The van der Waals surface area contributed by atoms with Crippen molar-refractivity contribution in [3.63, 3.8) is 0 Å². The maximum Gasteiger partial charge on any atom is 0.121 e. The summed E-state index contributed by atoms with van der Waals surface area (Å²) in [7, 11) is 0. The van der Waals surface area contributed by atoms with Crippen LogP contribution in [0.5, 0.6) is 5.75 Å². The van der Waals surface area contributed by atoms with Gasteiger partial charge >= 0.3 is 0 Å². The number of hydrogen-bond donors (Lipinski definition) is 2. The minimum atomic E-state index is 0.284. The van der Waals surface area contributed by atoms with Gasteiger partial charge in [0.25, 0.3) is 0 Å². The Labute approximate surface area is 64.4 Å². The molecule has 0 aromatic heterocycles. The van der Waals surface area contributed by atoms with Gasteiger partial charge in [-0.3, -0.25) is 0 Å². The Hall–Kier alpha value is -1.22. The molecule has 0 atom stereocenters. The Bertz CT molecular complexity index is 267. The first-order chi connectivity index (χ1) is 5.29. The van der Waals surface area contributed by atoms with E-state index in [1.54, 1.807) is 12.1 Å². The fraction of sp³-hybridized carbons (Fsp3) is 0.250. The zero-order valence-corrected chi connectivity index (χ0v) is 6.00. The van der Waals surface area contributed by atoms with Crippen molar-refractivity contribution >= 4 is 5.69 Å². The predicted molar refractivity (Wildman–Crippen MR) is 41.0 cm³/mol. The number of hydrogen-bond acceptors (Lipinski definition) is 3. The average molecular weight is 151 g/mol. The fourth-order valence-electron chi connectivity index (χ4n) is 1.29. The summed E-state index contributed by atoms with van der Waals surface area (Å²) >= 11 is 0. The molecular weight excluding hydrogens is 142 g/mol. The summed E-state index contributed by atoms with van der Waals surface area (Å²) in [5, 5.41) is 9.32. The van der Waals surface area contributed by atoms with Crippen molar-refractivity contribution in [3.05, 3.63) is 23.3 Å². The van der Waals surface area contributed by atoms with E-state index in [1.807, 2.05) is 0 Å². The van der Waals surface area contributed by atoms with E-state index >= 15 is 0 Å². The zero-order chi connectivity index (χ0) is 7.84. The van der Waals surface area contributed by atoms with E-state index in [1.165, 1.54) is 0 Å². The second kappa shape index (κ2) is 2.13. The van der Waals surface area contributed by atoms with Crippen molar-refractivity contribution in [1.29, 1.82) is 0 Å². The third-order valence-electron chi connectivity index (χ3n) is 1.94. The van der Waals surface area contributed by atoms with Gasteiger partial charge in [-0.25, -0.2) is 0 Å². The van der Waals surface area contributed by atoms with Crippen LogP contribution in [0.25, 0.3) is 0 Å². The normalized spacial score (nSPS) is 14.9. The van der Waals surface area contributed by atoms with Gasteiger partial charge in [-0.1, -0.05) is 0 Å². The highest BCUT2D eigenvalue weighted by Crippen LogP contribution is 2.31. The Kier molecular flexibility index (Phi) is 1.26. The molecule has 0 aliphatic carbocycles. The second-order valence-electron chi connectivity index (χ2n) is 2.62. The van der Waals surface area contributed by atoms with Crippen molar-refractivity contribution in [2.45, 2.75) is 13.2 Å². The molecule has 0 bridgehead atoms. The molecule has 1 aliphatic rings. The van der Waals surface area contributed by atoms with E-state index in [9.17, 15) is 5.11 Å². The topological polar surface area (TPSA) is 55.5 Å². The molecule has 2 rings (SSSR count). The molecule has 0 unspecified atom stereocenters. The van der Waals surface area contributed by atoms with Gasteiger partial charge in [-0.05, 0) is 12.1 Å². The lowest BCUT2D eigenvalue weighted by Gasteiger charge is -2.02. The molecule has 0 saturated heterocycles.